The molecule has 268 valence electrons. The minimum absolute atomic E-state index is 0.0562. The lowest BCUT2D eigenvalue weighted by Gasteiger charge is -2.43. The van der Waals surface area contributed by atoms with Crippen LogP contribution in [-0.4, -0.2) is 35.2 Å². The first-order chi connectivity index (χ1) is 24.1. The molecule has 51 heavy (non-hydrogen) atoms. The average Bonchev–Trinajstić information content (AvgIpc) is 3.32. The van der Waals surface area contributed by atoms with Crippen LogP contribution in [0.5, 0.6) is 5.75 Å². The summed E-state index contributed by atoms with van der Waals surface area (Å²) in [5, 5.41) is 20.6. The maximum absolute atomic E-state index is 14.2. The molecule has 6 rings (SSSR count). The van der Waals surface area contributed by atoms with Crippen LogP contribution in [0.4, 0.5) is 36.4 Å². The molecule has 0 saturated carbocycles. The minimum Gasteiger partial charge on any atom is -0.505 e. The number of fused-ring (bicyclic) bond motifs is 3. The SMILES string of the molecule is CCCC1=C2[C@@H](CC/C(=C/c3ccc(O)c(F)c3)c3ccccc3)OB(O)C[C@@H]2[C@@H]2C(=O)N(c3cc(C(F)(F)F)cc(C(F)(F)F)c3)C(=O)[C@@H]2C1. The van der Waals surface area contributed by atoms with Crippen molar-refractivity contribution in [3.05, 3.63) is 106 Å². The molecule has 3 aromatic carbocycles. The third-order valence-electron chi connectivity index (χ3n) is 9.82. The van der Waals surface area contributed by atoms with E-state index in [2.05, 4.69) is 0 Å². The first kappa shape index (κ1) is 36.4. The first-order valence-electron chi connectivity index (χ1n) is 16.5. The average molecular weight is 715 g/mol. The van der Waals surface area contributed by atoms with E-state index in [0.717, 1.165) is 16.7 Å². The highest BCUT2D eigenvalue weighted by Gasteiger charge is 2.58. The Morgan fingerprint density at radius 1 is 0.941 bits per heavy atom. The third-order valence-corrected chi connectivity index (χ3v) is 9.82. The second-order valence-electron chi connectivity index (χ2n) is 13.1. The molecule has 0 aromatic heterocycles. The van der Waals surface area contributed by atoms with E-state index in [1.807, 2.05) is 37.3 Å². The van der Waals surface area contributed by atoms with E-state index in [9.17, 15) is 50.5 Å². The van der Waals surface area contributed by atoms with E-state index in [-0.39, 0.29) is 25.2 Å². The molecule has 4 atom stereocenters. The zero-order chi connectivity index (χ0) is 36.8. The quantitative estimate of drug-likeness (QED) is 0.0802. The molecule has 6 nitrogen and oxygen atoms in total. The van der Waals surface area contributed by atoms with Crippen molar-refractivity contribution >= 4 is 36.3 Å². The van der Waals surface area contributed by atoms with Crippen molar-refractivity contribution in [1.82, 2.24) is 0 Å². The van der Waals surface area contributed by atoms with Crippen molar-refractivity contribution in [2.24, 2.45) is 17.8 Å². The van der Waals surface area contributed by atoms with Crippen molar-refractivity contribution < 1.29 is 55.1 Å². The Balaban J connectivity index is 1.35. The lowest BCUT2D eigenvalue weighted by Crippen LogP contribution is -2.46. The van der Waals surface area contributed by atoms with Crippen LogP contribution in [0.1, 0.15) is 61.3 Å². The molecule has 0 spiro atoms. The fourth-order valence-electron chi connectivity index (χ4n) is 7.68. The number of benzene rings is 3. The molecule has 0 radical (unpaired) electrons. The van der Waals surface area contributed by atoms with Crippen LogP contribution in [0.2, 0.25) is 6.32 Å². The van der Waals surface area contributed by atoms with Gasteiger partial charge >= 0.3 is 19.5 Å². The molecule has 1 aliphatic carbocycles. The van der Waals surface area contributed by atoms with Gasteiger partial charge in [-0.2, -0.15) is 26.3 Å². The molecule has 0 bridgehead atoms. The van der Waals surface area contributed by atoms with E-state index < -0.39 is 83.5 Å². The van der Waals surface area contributed by atoms with Gasteiger partial charge in [-0.3, -0.25) is 9.59 Å². The van der Waals surface area contributed by atoms with Gasteiger partial charge in [0, 0.05) is 0 Å². The van der Waals surface area contributed by atoms with Gasteiger partial charge in [-0.15, -0.1) is 0 Å². The Hall–Kier alpha value is -4.43. The lowest BCUT2D eigenvalue weighted by atomic mass is 9.58. The zero-order valence-electron chi connectivity index (χ0n) is 27.3. The van der Waals surface area contributed by atoms with E-state index >= 15 is 0 Å². The number of imide groups is 1. The predicted octanol–water partition coefficient (Wildman–Crippen LogP) is 8.69. The summed E-state index contributed by atoms with van der Waals surface area (Å²) in [7, 11) is -1.37. The van der Waals surface area contributed by atoms with Crippen molar-refractivity contribution in [2.45, 2.75) is 63.8 Å². The minimum atomic E-state index is -5.18. The maximum atomic E-state index is 14.2. The molecule has 0 unspecified atom stereocenters. The lowest BCUT2D eigenvalue weighted by molar-refractivity contribution is -0.143. The van der Waals surface area contributed by atoms with Crippen LogP contribution in [0, 0.1) is 23.6 Å². The number of anilines is 1. The summed E-state index contributed by atoms with van der Waals surface area (Å²) in [6.07, 6.45) is -7.64. The predicted molar refractivity (Wildman–Crippen MR) is 175 cm³/mol. The van der Waals surface area contributed by atoms with Gasteiger partial charge in [-0.1, -0.05) is 61.4 Å². The van der Waals surface area contributed by atoms with Crippen LogP contribution in [-0.2, 0) is 26.6 Å². The van der Waals surface area contributed by atoms with Crippen LogP contribution in [0.25, 0.3) is 11.6 Å². The molecule has 2 saturated heterocycles. The topological polar surface area (TPSA) is 87.1 Å². The second-order valence-corrected chi connectivity index (χ2v) is 13.1. The monoisotopic (exact) mass is 715 g/mol. The fourth-order valence-corrected chi connectivity index (χ4v) is 7.68. The van der Waals surface area contributed by atoms with E-state index in [4.69, 9.17) is 4.65 Å². The van der Waals surface area contributed by atoms with Gasteiger partial charge < -0.3 is 14.8 Å². The molecule has 2 amide bonds. The normalized spacial score (nSPS) is 22.8. The summed E-state index contributed by atoms with van der Waals surface area (Å²) < 4.78 is 103. The van der Waals surface area contributed by atoms with Gasteiger partial charge in [0.2, 0.25) is 11.8 Å². The summed E-state index contributed by atoms with van der Waals surface area (Å²) in [4.78, 5) is 28.3. The molecule has 2 heterocycles. The number of phenols is 1. The van der Waals surface area contributed by atoms with Crippen molar-refractivity contribution in [2.75, 3.05) is 4.90 Å². The number of rotatable bonds is 8. The number of aromatic hydroxyl groups is 1. The van der Waals surface area contributed by atoms with E-state index in [1.54, 1.807) is 12.1 Å². The number of hydrogen-bond acceptors (Lipinski definition) is 5. The Bertz CT molecular complexity index is 1860. The summed E-state index contributed by atoms with van der Waals surface area (Å²) in [5.41, 5.74) is -0.528. The number of carbonyl (C=O) groups is 2. The van der Waals surface area contributed by atoms with Gasteiger partial charge in [0.1, 0.15) is 0 Å². The van der Waals surface area contributed by atoms with Gasteiger partial charge in [0.15, 0.2) is 11.6 Å². The highest BCUT2D eigenvalue weighted by Crippen LogP contribution is 2.53. The van der Waals surface area contributed by atoms with E-state index in [1.165, 1.54) is 12.1 Å². The van der Waals surface area contributed by atoms with Gasteiger partial charge in [0.05, 0.1) is 34.8 Å². The molecule has 2 N–H and O–H groups in total. The number of carbonyl (C=O) groups excluding carboxylic acids is 2. The number of alkyl halides is 6. The Labute approximate surface area is 289 Å². The summed E-state index contributed by atoms with van der Waals surface area (Å²) in [5.74, 6) is -6.06. The highest BCUT2D eigenvalue weighted by atomic mass is 19.4. The standard InChI is InChI=1S/C37H33BF7NO5/c1-2-6-23-15-27-33(35(49)46(34(27)48)26-17-24(36(40,41)42)16-25(18-26)37(43,44)45)28-19-38(50)51-31(32(23)28)12-10-22(21-7-4-3-5-8-21)13-20-9-11-30(47)29(39)14-20/h3-5,7-9,11,13-14,16-18,27-28,31,33,47,50H,2,6,10,12,15,19H2,1H3/b22-13-/t27-,28+,31-,33-/m1/s1. The Morgan fingerprint density at radius 2 is 1.61 bits per heavy atom. The number of amides is 2. The molecular formula is C37H33BF7NO5. The van der Waals surface area contributed by atoms with Gasteiger partial charge in [-0.05, 0) is 90.5 Å². The molecular weight excluding hydrogens is 682 g/mol. The van der Waals surface area contributed by atoms with Crippen molar-refractivity contribution in [1.29, 1.82) is 0 Å². The number of phenolic OH excluding ortho intramolecular Hbond substituents is 1. The smallest absolute Gasteiger partial charge is 0.455 e. The summed E-state index contributed by atoms with van der Waals surface area (Å²) in [6.45, 7) is 1.91. The molecule has 2 aliphatic heterocycles. The summed E-state index contributed by atoms with van der Waals surface area (Å²) >= 11 is 0. The molecule has 3 aromatic rings. The number of halogens is 7. The largest absolute Gasteiger partial charge is 0.505 e. The first-order valence-corrected chi connectivity index (χ1v) is 16.5. The second kappa shape index (κ2) is 13.9. The highest BCUT2D eigenvalue weighted by molar-refractivity contribution is 6.43. The Kier molecular flexibility index (Phi) is 9.95. The van der Waals surface area contributed by atoms with Gasteiger partial charge in [-0.25, -0.2) is 9.29 Å². The van der Waals surface area contributed by atoms with Crippen LogP contribution in [0.15, 0.2) is 77.9 Å². The molecule has 14 heteroatoms. The van der Waals surface area contributed by atoms with Gasteiger partial charge in [0.25, 0.3) is 0 Å². The molecule has 2 fully saturated rings. The van der Waals surface area contributed by atoms with E-state index in [0.29, 0.717) is 47.4 Å². The zero-order valence-corrected chi connectivity index (χ0v) is 27.3. The third kappa shape index (κ3) is 7.34. The van der Waals surface area contributed by atoms with Crippen molar-refractivity contribution in [3.63, 3.8) is 0 Å². The van der Waals surface area contributed by atoms with Crippen LogP contribution in [0.3, 0.4) is 0 Å². The number of allylic oxidation sites excluding steroid dienone is 2. The molecule has 3 aliphatic rings. The fraction of sp³-hybridized carbons (Fsp3) is 0.351. The van der Waals surface area contributed by atoms with Crippen LogP contribution >= 0.6 is 0 Å². The number of hydrogen-bond donors (Lipinski definition) is 2. The summed E-state index contributed by atoms with van der Waals surface area (Å²) in [6, 6.07) is 13.9. The number of nitrogens with zero attached hydrogens (tertiary/aromatic N) is 1. The Morgan fingerprint density at radius 3 is 2.22 bits per heavy atom. The van der Waals surface area contributed by atoms with Crippen LogP contribution < -0.4 is 4.90 Å². The van der Waals surface area contributed by atoms with Crippen molar-refractivity contribution in [3.8, 4) is 5.75 Å². The maximum Gasteiger partial charge on any atom is 0.455 e.